The van der Waals surface area contributed by atoms with E-state index in [0.717, 1.165) is 26.1 Å². The highest BCUT2D eigenvalue weighted by atomic mass is 15.1. The second kappa shape index (κ2) is 5.19. The molecule has 0 spiro atoms. The Bertz CT molecular complexity index is 387. The lowest BCUT2D eigenvalue weighted by molar-refractivity contribution is 0.157. The van der Waals surface area contributed by atoms with Crippen molar-refractivity contribution in [2.75, 3.05) is 13.1 Å². The number of nitrogens with zero attached hydrogens (tertiary/aromatic N) is 1. The van der Waals surface area contributed by atoms with Crippen LogP contribution >= 0.6 is 0 Å². The van der Waals surface area contributed by atoms with Gasteiger partial charge in [0.1, 0.15) is 0 Å². The molecule has 1 fully saturated rings. The molecule has 2 rings (SSSR count). The van der Waals surface area contributed by atoms with E-state index >= 15 is 0 Å². The minimum Gasteiger partial charge on any atom is -0.327 e. The predicted octanol–water partition coefficient (Wildman–Crippen LogP) is 2.47. The maximum Gasteiger partial charge on any atom is 0.0236 e. The largest absolute Gasteiger partial charge is 0.327 e. The van der Waals surface area contributed by atoms with Gasteiger partial charge in [0, 0.05) is 19.1 Å². The Morgan fingerprint density at radius 1 is 1.35 bits per heavy atom. The summed E-state index contributed by atoms with van der Waals surface area (Å²) >= 11 is 0. The molecule has 2 N–H and O–H groups in total. The maximum atomic E-state index is 6.06. The van der Waals surface area contributed by atoms with Gasteiger partial charge in [-0.05, 0) is 49.4 Å². The minimum absolute atomic E-state index is 0.393. The van der Waals surface area contributed by atoms with E-state index in [1.165, 1.54) is 16.7 Å². The first-order valence-corrected chi connectivity index (χ1v) is 6.61. The summed E-state index contributed by atoms with van der Waals surface area (Å²) in [6, 6.07) is 7.00. The van der Waals surface area contributed by atoms with Gasteiger partial charge in [-0.1, -0.05) is 25.1 Å². The molecule has 2 atom stereocenters. The van der Waals surface area contributed by atoms with Crippen LogP contribution in [0, 0.1) is 19.8 Å². The van der Waals surface area contributed by atoms with E-state index in [1.807, 2.05) is 0 Å². The van der Waals surface area contributed by atoms with Gasteiger partial charge in [-0.2, -0.15) is 0 Å². The van der Waals surface area contributed by atoms with Crippen LogP contribution in [0.15, 0.2) is 18.2 Å². The number of piperidine rings is 1. The quantitative estimate of drug-likeness (QED) is 0.849. The molecule has 0 radical (unpaired) electrons. The first kappa shape index (κ1) is 12.6. The molecule has 2 nitrogen and oxygen atoms in total. The zero-order valence-corrected chi connectivity index (χ0v) is 11.2. The molecule has 1 aromatic carbocycles. The Hall–Kier alpha value is -0.860. The smallest absolute Gasteiger partial charge is 0.0236 e. The molecule has 0 aliphatic carbocycles. The number of rotatable bonds is 2. The SMILES string of the molecule is Cc1cccc(CN2CCC(N)C(C)C2)c1C. The molecule has 1 heterocycles. The Balaban J connectivity index is 2.04. The molecule has 2 unspecified atom stereocenters. The van der Waals surface area contributed by atoms with Gasteiger partial charge < -0.3 is 5.73 Å². The summed E-state index contributed by atoms with van der Waals surface area (Å²) in [5.41, 5.74) is 10.4. The number of benzene rings is 1. The van der Waals surface area contributed by atoms with E-state index < -0.39 is 0 Å². The number of nitrogens with two attached hydrogens (primary N) is 1. The van der Waals surface area contributed by atoms with Gasteiger partial charge in [0.15, 0.2) is 0 Å². The average molecular weight is 232 g/mol. The van der Waals surface area contributed by atoms with Crippen molar-refractivity contribution in [3.05, 3.63) is 34.9 Å². The fourth-order valence-electron chi connectivity index (χ4n) is 2.62. The van der Waals surface area contributed by atoms with Crippen molar-refractivity contribution in [2.45, 2.75) is 39.8 Å². The third-order valence-corrected chi connectivity index (χ3v) is 4.17. The number of hydrogen-bond donors (Lipinski definition) is 1. The summed E-state index contributed by atoms with van der Waals surface area (Å²) in [5.74, 6) is 0.619. The molecule has 1 aliphatic rings. The van der Waals surface area contributed by atoms with Crippen molar-refractivity contribution in [1.82, 2.24) is 4.90 Å². The van der Waals surface area contributed by atoms with E-state index in [9.17, 15) is 0 Å². The lowest BCUT2D eigenvalue weighted by Crippen LogP contribution is -2.45. The molecule has 1 aliphatic heterocycles. The van der Waals surface area contributed by atoms with Crippen molar-refractivity contribution >= 4 is 0 Å². The molecule has 17 heavy (non-hydrogen) atoms. The minimum atomic E-state index is 0.393. The molecule has 0 saturated carbocycles. The summed E-state index contributed by atoms with van der Waals surface area (Å²) in [6.07, 6.45) is 1.13. The molecular weight excluding hydrogens is 208 g/mol. The fraction of sp³-hybridized carbons (Fsp3) is 0.600. The third-order valence-electron chi connectivity index (χ3n) is 4.17. The maximum absolute atomic E-state index is 6.06. The summed E-state index contributed by atoms with van der Waals surface area (Å²) in [6.45, 7) is 10.0. The van der Waals surface area contributed by atoms with Gasteiger partial charge >= 0.3 is 0 Å². The van der Waals surface area contributed by atoms with E-state index in [4.69, 9.17) is 5.73 Å². The standard InChI is InChI=1S/C15H24N2/c1-11-5-4-6-14(13(11)3)10-17-8-7-15(16)12(2)9-17/h4-6,12,15H,7-10,16H2,1-3H3. The second-order valence-corrected chi connectivity index (χ2v) is 5.52. The van der Waals surface area contributed by atoms with Gasteiger partial charge in [0.2, 0.25) is 0 Å². The van der Waals surface area contributed by atoms with Crippen LogP contribution in [0.25, 0.3) is 0 Å². The lowest BCUT2D eigenvalue weighted by Gasteiger charge is -2.35. The lowest BCUT2D eigenvalue weighted by atomic mass is 9.94. The van der Waals surface area contributed by atoms with Crippen LogP contribution in [-0.4, -0.2) is 24.0 Å². The summed E-state index contributed by atoms with van der Waals surface area (Å²) in [4.78, 5) is 2.54. The number of likely N-dealkylation sites (tertiary alicyclic amines) is 1. The van der Waals surface area contributed by atoms with Crippen LogP contribution in [-0.2, 0) is 6.54 Å². The van der Waals surface area contributed by atoms with Gasteiger partial charge in [0.05, 0.1) is 0 Å². The van der Waals surface area contributed by atoms with Gasteiger partial charge in [-0.25, -0.2) is 0 Å². The first-order chi connectivity index (χ1) is 8.08. The van der Waals surface area contributed by atoms with Gasteiger partial charge in [-0.3, -0.25) is 4.90 Å². The van der Waals surface area contributed by atoms with Gasteiger partial charge in [0.25, 0.3) is 0 Å². The highest BCUT2D eigenvalue weighted by Crippen LogP contribution is 2.20. The molecule has 94 valence electrons. The number of hydrogen-bond acceptors (Lipinski definition) is 2. The van der Waals surface area contributed by atoms with Crippen LogP contribution in [0.4, 0.5) is 0 Å². The van der Waals surface area contributed by atoms with Crippen LogP contribution in [0.2, 0.25) is 0 Å². The van der Waals surface area contributed by atoms with Crippen LogP contribution < -0.4 is 5.73 Å². The monoisotopic (exact) mass is 232 g/mol. The zero-order valence-electron chi connectivity index (χ0n) is 11.2. The Labute approximate surface area is 105 Å². The Kier molecular flexibility index (Phi) is 3.85. The van der Waals surface area contributed by atoms with Crippen molar-refractivity contribution in [1.29, 1.82) is 0 Å². The topological polar surface area (TPSA) is 29.3 Å². The van der Waals surface area contributed by atoms with Crippen LogP contribution in [0.1, 0.15) is 30.0 Å². The highest BCUT2D eigenvalue weighted by molar-refractivity contribution is 5.33. The predicted molar refractivity (Wildman–Crippen MR) is 72.9 cm³/mol. The average Bonchev–Trinajstić information content (AvgIpc) is 2.30. The summed E-state index contributed by atoms with van der Waals surface area (Å²) in [7, 11) is 0. The van der Waals surface area contributed by atoms with E-state index in [-0.39, 0.29) is 0 Å². The molecule has 2 heteroatoms. The first-order valence-electron chi connectivity index (χ1n) is 6.61. The molecule has 0 bridgehead atoms. The van der Waals surface area contributed by atoms with E-state index in [2.05, 4.69) is 43.9 Å². The normalized spacial score (nSPS) is 26.1. The number of aryl methyl sites for hydroxylation is 1. The molecule has 1 saturated heterocycles. The molecule has 1 aromatic rings. The molecule has 0 aromatic heterocycles. The Morgan fingerprint density at radius 2 is 2.12 bits per heavy atom. The van der Waals surface area contributed by atoms with Crippen LogP contribution in [0.5, 0.6) is 0 Å². The van der Waals surface area contributed by atoms with Gasteiger partial charge in [-0.15, -0.1) is 0 Å². The molecular formula is C15H24N2. The van der Waals surface area contributed by atoms with Crippen molar-refractivity contribution < 1.29 is 0 Å². The summed E-state index contributed by atoms with van der Waals surface area (Å²) < 4.78 is 0. The third kappa shape index (κ3) is 2.88. The summed E-state index contributed by atoms with van der Waals surface area (Å²) in [5, 5.41) is 0. The zero-order chi connectivity index (χ0) is 12.4. The Morgan fingerprint density at radius 3 is 2.82 bits per heavy atom. The highest BCUT2D eigenvalue weighted by Gasteiger charge is 2.23. The van der Waals surface area contributed by atoms with Crippen molar-refractivity contribution in [2.24, 2.45) is 11.7 Å². The van der Waals surface area contributed by atoms with Crippen LogP contribution in [0.3, 0.4) is 0 Å². The van der Waals surface area contributed by atoms with Crippen molar-refractivity contribution in [3.63, 3.8) is 0 Å². The van der Waals surface area contributed by atoms with E-state index in [0.29, 0.717) is 12.0 Å². The second-order valence-electron chi connectivity index (χ2n) is 5.52. The molecule has 0 amide bonds. The van der Waals surface area contributed by atoms with Crippen molar-refractivity contribution in [3.8, 4) is 0 Å². The fourth-order valence-corrected chi connectivity index (χ4v) is 2.62. The van der Waals surface area contributed by atoms with E-state index in [1.54, 1.807) is 0 Å².